The quantitative estimate of drug-likeness (QED) is 0.636. The fourth-order valence-electron chi connectivity index (χ4n) is 5.22. The highest BCUT2D eigenvalue weighted by molar-refractivity contribution is 6.18. The van der Waals surface area contributed by atoms with Crippen LogP contribution in [0.5, 0.6) is 0 Å². The molecule has 2 aliphatic carbocycles. The third kappa shape index (κ3) is 2.92. The lowest BCUT2D eigenvalue weighted by Crippen LogP contribution is -2.35. The van der Waals surface area contributed by atoms with Gasteiger partial charge in [-0.3, -0.25) is 9.59 Å². The van der Waals surface area contributed by atoms with Crippen molar-refractivity contribution in [3.63, 3.8) is 0 Å². The van der Waals surface area contributed by atoms with Crippen molar-refractivity contribution in [2.24, 2.45) is 17.8 Å². The highest BCUT2D eigenvalue weighted by atomic mass is 16.5. The second kappa shape index (κ2) is 7.54. The van der Waals surface area contributed by atoms with Crippen LogP contribution in [0.25, 0.3) is 0 Å². The number of aliphatic hydroxyl groups excluding tert-OH is 2. The van der Waals surface area contributed by atoms with Crippen LogP contribution in [0.4, 0.5) is 0 Å². The number of hydrogen-bond acceptors (Lipinski definition) is 6. The molecule has 4 rings (SSSR count). The Bertz CT molecular complexity index is 1030. The summed E-state index contributed by atoms with van der Waals surface area (Å²) in [7, 11) is 0. The number of aliphatic hydroxyl groups is 2. The minimum absolute atomic E-state index is 0.0670. The molecule has 0 bridgehead atoms. The molecule has 0 fully saturated rings. The van der Waals surface area contributed by atoms with E-state index in [1.54, 1.807) is 20.8 Å². The molecule has 6 heteroatoms. The van der Waals surface area contributed by atoms with Gasteiger partial charge in [-0.25, -0.2) is 0 Å². The zero-order valence-electron chi connectivity index (χ0n) is 19.6. The SMILES string of the molecule is CC1=C2C(=COC(C)C2C)C(=O)C(C(C)C2=C(O)C(C)=C3C(=COC(C)C3C)C2=O)=C1O. The van der Waals surface area contributed by atoms with E-state index in [4.69, 9.17) is 9.47 Å². The largest absolute Gasteiger partial charge is 0.507 e. The van der Waals surface area contributed by atoms with Crippen LogP contribution in [0, 0.1) is 17.8 Å². The fourth-order valence-corrected chi connectivity index (χ4v) is 5.22. The summed E-state index contributed by atoms with van der Waals surface area (Å²) in [4.78, 5) is 26.9. The molecule has 0 aromatic heterocycles. The summed E-state index contributed by atoms with van der Waals surface area (Å²) >= 11 is 0. The molecule has 2 heterocycles. The molecule has 32 heavy (non-hydrogen) atoms. The molecular formula is C26H30O6. The lowest BCUT2D eigenvalue weighted by Gasteiger charge is -2.36. The summed E-state index contributed by atoms with van der Waals surface area (Å²) in [6.45, 7) is 12.9. The summed E-state index contributed by atoms with van der Waals surface area (Å²) in [6.07, 6.45) is 2.66. The third-order valence-corrected chi connectivity index (χ3v) is 7.57. The van der Waals surface area contributed by atoms with E-state index in [0.29, 0.717) is 22.3 Å². The van der Waals surface area contributed by atoms with E-state index in [-0.39, 0.29) is 58.3 Å². The van der Waals surface area contributed by atoms with Crippen LogP contribution < -0.4 is 0 Å². The van der Waals surface area contributed by atoms with Gasteiger partial charge < -0.3 is 19.7 Å². The molecule has 4 aliphatic rings. The number of ether oxygens (including phenoxy) is 2. The molecule has 170 valence electrons. The Morgan fingerprint density at radius 3 is 1.44 bits per heavy atom. The predicted molar refractivity (Wildman–Crippen MR) is 119 cm³/mol. The normalized spacial score (nSPS) is 31.6. The van der Waals surface area contributed by atoms with Gasteiger partial charge in [0.25, 0.3) is 0 Å². The first kappa shape index (κ1) is 22.2. The van der Waals surface area contributed by atoms with Crippen molar-refractivity contribution >= 4 is 11.6 Å². The summed E-state index contributed by atoms with van der Waals surface area (Å²) in [6, 6.07) is 0. The van der Waals surface area contributed by atoms with Gasteiger partial charge in [-0.05, 0) is 50.0 Å². The molecule has 0 radical (unpaired) electrons. The molecule has 4 unspecified atom stereocenters. The molecule has 0 saturated heterocycles. The highest BCUT2D eigenvalue weighted by Crippen LogP contribution is 2.46. The van der Waals surface area contributed by atoms with Crippen LogP contribution in [0.2, 0.25) is 0 Å². The van der Waals surface area contributed by atoms with Crippen LogP contribution in [-0.2, 0) is 19.1 Å². The lowest BCUT2D eigenvalue weighted by molar-refractivity contribution is -0.113. The van der Waals surface area contributed by atoms with Gasteiger partial charge in [0.2, 0.25) is 0 Å². The monoisotopic (exact) mass is 438 g/mol. The van der Waals surface area contributed by atoms with Gasteiger partial charge in [0.05, 0.1) is 23.7 Å². The van der Waals surface area contributed by atoms with Gasteiger partial charge in [-0.15, -0.1) is 0 Å². The molecule has 2 N–H and O–H groups in total. The van der Waals surface area contributed by atoms with Crippen LogP contribution in [-0.4, -0.2) is 34.0 Å². The van der Waals surface area contributed by atoms with Crippen molar-refractivity contribution in [3.8, 4) is 0 Å². The maximum Gasteiger partial charge on any atom is 0.196 e. The van der Waals surface area contributed by atoms with Crippen molar-refractivity contribution in [3.05, 3.63) is 68.6 Å². The Morgan fingerprint density at radius 1 is 0.750 bits per heavy atom. The first-order valence-corrected chi connectivity index (χ1v) is 11.1. The highest BCUT2D eigenvalue weighted by Gasteiger charge is 2.44. The maximum atomic E-state index is 13.5. The standard InChI is InChI=1S/C26H30O6/c1-10-15(6)31-8-17-19(10)13(4)23(27)21(25(17)29)12(3)22-24(28)14(5)20-11(2)16(7)32-9-18(20)26(22)30/h8-12,15-16,27-28H,1-7H3. The molecule has 6 nitrogen and oxygen atoms in total. The van der Waals surface area contributed by atoms with E-state index in [0.717, 1.165) is 11.1 Å². The zero-order chi connectivity index (χ0) is 23.6. The van der Waals surface area contributed by atoms with Crippen molar-refractivity contribution in [2.75, 3.05) is 0 Å². The van der Waals surface area contributed by atoms with Gasteiger partial charge in [0.1, 0.15) is 23.7 Å². The van der Waals surface area contributed by atoms with Crippen LogP contribution in [0.1, 0.15) is 48.5 Å². The van der Waals surface area contributed by atoms with E-state index in [1.807, 2.05) is 27.7 Å². The first-order chi connectivity index (χ1) is 15.0. The summed E-state index contributed by atoms with van der Waals surface area (Å²) < 4.78 is 11.3. The third-order valence-electron chi connectivity index (χ3n) is 7.57. The predicted octanol–water partition coefficient (Wildman–Crippen LogP) is 4.92. The van der Waals surface area contributed by atoms with Crippen LogP contribution in [0.3, 0.4) is 0 Å². The Hall–Kier alpha value is -3.02. The molecule has 0 spiro atoms. The van der Waals surface area contributed by atoms with Gasteiger partial charge in [-0.1, -0.05) is 20.8 Å². The van der Waals surface area contributed by atoms with Crippen molar-refractivity contribution < 1.29 is 29.3 Å². The number of Topliss-reactive ketones (excluding diaryl/α,β-unsaturated/α-hetero) is 2. The number of ketones is 2. The molecule has 0 amide bonds. The summed E-state index contributed by atoms with van der Waals surface area (Å²) in [5, 5.41) is 22.1. The number of carbonyl (C=O) groups excluding carboxylic acids is 2. The van der Waals surface area contributed by atoms with E-state index in [1.165, 1.54) is 12.5 Å². The lowest BCUT2D eigenvalue weighted by atomic mass is 9.70. The van der Waals surface area contributed by atoms with Gasteiger partial charge in [-0.2, -0.15) is 0 Å². The number of rotatable bonds is 2. The first-order valence-electron chi connectivity index (χ1n) is 11.1. The Balaban J connectivity index is 1.87. The van der Waals surface area contributed by atoms with Crippen molar-refractivity contribution in [1.82, 2.24) is 0 Å². The molecule has 0 aromatic carbocycles. The number of fused-ring (bicyclic) bond motifs is 2. The minimum Gasteiger partial charge on any atom is -0.507 e. The van der Waals surface area contributed by atoms with E-state index in [9.17, 15) is 19.8 Å². The van der Waals surface area contributed by atoms with Gasteiger partial charge >= 0.3 is 0 Å². The molecule has 4 atom stereocenters. The Kier molecular flexibility index (Phi) is 5.23. The average molecular weight is 439 g/mol. The van der Waals surface area contributed by atoms with Gasteiger partial charge in [0.15, 0.2) is 11.6 Å². The Labute approximate surface area is 188 Å². The average Bonchev–Trinajstić information content (AvgIpc) is 2.74. The Morgan fingerprint density at radius 2 is 1.09 bits per heavy atom. The summed E-state index contributed by atoms with van der Waals surface area (Å²) in [5.41, 5.74) is 3.69. The molecule has 0 saturated carbocycles. The topological polar surface area (TPSA) is 93.1 Å². The number of hydrogen-bond donors (Lipinski definition) is 2. The molecule has 0 aromatic rings. The van der Waals surface area contributed by atoms with Crippen LogP contribution in [0.15, 0.2) is 68.6 Å². The van der Waals surface area contributed by atoms with Crippen molar-refractivity contribution in [2.45, 2.75) is 60.7 Å². The van der Waals surface area contributed by atoms with E-state index < -0.39 is 5.92 Å². The fraction of sp³-hybridized carbons (Fsp3) is 0.462. The second-order valence-electron chi connectivity index (χ2n) is 9.30. The van der Waals surface area contributed by atoms with E-state index >= 15 is 0 Å². The second-order valence-corrected chi connectivity index (χ2v) is 9.30. The molecular weight excluding hydrogens is 408 g/mol. The maximum absolute atomic E-state index is 13.5. The van der Waals surface area contributed by atoms with Gasteiger partial charge in [0, 0.05) is 28.9 Å². The number of allylic oxidation sites excluding steroid dienone is 6. The smallest absolute Gasteiger partial charge is 0.196 e. The van der Waals surface area contributed by atoms with Crippen LogP contribution >= 0.6 is 0 Å². The summed E-state index contributed by atoms with van der Waals surface area (Å²) in [5.74, 6) is -1.99. The van der Waals surface area contributed by atoms with E-state index in [2.05, 4.69) is 0 Å². The van der Waals surface area contributed by atoms with Crippen molar-refractivity contribution in [1.29, 1.82) is 0 Å². The minimum atomic E-state index is -0.825. The molecule has 2 aliphatic heterocycles. The zero-order valence-corrected chi connectivity index (χ0v) is 19.6. The number of carbonyl (C=O) groups is 2.